The number of hydrogen-bond acceptors (Lipinski definition) is 4. The zero-order valence-corrected chi connectivity index (χ0v) is 31.7. The van der Waals surface area contributed by atoms with Gasteiger partial charge < -0.3 is 9.13 Å². The molecule has 4 aromatic heterocycles. The highest BCUT2D eigenvalue weighted by molar-refractivity contribution is 7.26. The molecule has 0 N–H and O–H groups in total. The minimum absolute atomic E-state index is 0.251. The summed E-state index contributed by atoms with van der Waals surface area (Å²) < 4.78 is 25.2. The van der Waals surface area contributed by atoms with Gasteiger partial charge in [-0.2, -0.15) is 0 Å². The summed E-state index contributed by atoms with van der Waals surface area (Å²) in [5.41, 5.74) is 7.39. The van der Waals surface area contributed by atoms with Gasteiger partial charge in [0.2, 0.25) is 0 Å². The number of nitrogens with zero attached hydrogens (tertiary/aromatic N) is 5. The average Bonchev–Trinajstić information content (AvgIpc) is 3.95. The number of hydrogen-bond donors (Lipinski definition) is 0. The summed E-state index contributed by atoms with van der Waals surface area (Å²) >= 11 is 1.62. The molecule has 5 nitrogen and oxygen atoms in total. The van der Waals surface area contributed by atoms with Gasteiger partial charge in [-0.05, 0) is 30.3 Å². The Balaban J connectivity index is 1.36. The third-order valence-electron chi connectivity index (χ3n) is 11.2. The standard InChI is InChI=1S/C51H30FN5S/c52-45-43-37-25-11-16-30-42(37)58-48(43)47(57-40-28-14-9-23-35(40)36-24-10-15-29-41(36)57)46(56-38-26-12-7-21-33(38)34-22-8-13-27-39(34)56)44(45)51-54-49(31-17-3-1-4-18-31)53-50(55-51)32-19-5-2-6-20-32/h1-30H. The van der Waals surface area contributed by atoms with Gasteiger partial charge >= 0.3 is 0 Å². The fraction of sp³-hybridized carbons (Fsp3) is 0. The molecule has 0 atom stereocenters. The Bertz CT molecular complexity index is 3420. The third kappa shape index (κ3) is 4.77. The molecule has 0 amide bonds. The lowest BCUT2D eigenvalue weighted by atomic mass is 10.0. The van der Waals surface area contributed by atoms with Gasteiger partial charge in [-0.25, -0.2) is 19.3 Å². The molecule has 272 valence electrons. The number of benzene rings is 8. The van der Waals surface area contributed by atoms with E-state index in [9.17, 15) is 0 Å². The summed E-state index contributed by atoms with van der Waals surface area (Å²) in [6.45, 7) is 0. The van der Waals surface area contributed by atoms with Crippen LogP contribution in [0.2, 0.25) is 0 Å². The first-order valence-corrected chi connectivity index (χ1v) is 20.1. The van der Waals surface area contributed by atoms with Crippen molar-refractivity contribution in [2.75, 3.05) is 0 Å². The molecule has 0 fully saturated rings. The molecule has 0 radical (unpaired) electrons. The molecule has 0 bridgehead atoms. The van der Waals surface area contributed by atoms with Crippen molar-refractivity contribution >= 4 is 75.1 Å². The van der Waals surface area contributed by atoms with Gasteiger partial charge in [0, 0.05) is 48.1 Å². The summed E-state index contributed by atoms with van der Waals surface area (Å²) in [4.78, 5) is 15.5. The quantitative estimate of drug-likeness (QED) is 0.175. The molecule has 12 aromatic rings. The van der Waals surface area contributed by atoms with E-state index in [1.54, 1.807) is 11.3 Å². The summed E-state index contributed by atoms with van der Waals surface area (Å²) in [5, 5.41) is 5.76. The van der Waals surface area contributed by atoms with Crippen LogP contribution in [-0.2, 0) is 0 Å². The van der Waals surface area contributed by atoms with Crippen molar-refractivity contribution in [3.8, 4) is 45.5 Å². The molecule has 0 spiro atoms. The maximum atomic E-state index is 18.8. The van der Waals surface area contributed by atoms with Crippen LogP contribution in [0.25, 0.3) is 109 Å². The Morgan fingerprint density at radius 3 is 1.24 bits per heavy atom. The van der Waals surface area contributed by atoms with E-state index < -0.39 is 0 Å². The molecule has 7 heteroatoms. The number of fused-ring (bicyclic) bond motifs is 9. The first-order valence-electron chi connectivity index (χ1n) is 19.2. The molecule has 0 saturated carbocycles. The molecule has 58 heavy (non-hydrogen) atoms. The molecule has 4 heterocycles. The molecule has 8 aromatic carbocycles. The number of para-hydroxylation sites is 4. The smallest absolute Gasteiger partial charge is 0.169 e. The maximum absolute atomic E-state index is 18.8. The third-order valence-corrected chi connectivity index (χ3v) is 12.4. The molecule has 0 aliphatic heterocycles. The topological polar surface area (TPSA) is 48.5 Å². The van der Waals surface area contributed by atoms with Gasteiger partial charge in [0.25, 0.3) is 0 Å². The van der Waals surface area contributed by atoms with Crippen molar-refractivity contribution in [2.24, 2.45) is 0 Å². The minimum Gasteiger partial charge on any atom is -0.306 e. The van der Waals surface area contributed by atoms with Crippen molar-refractivity contribution in [3.05, 3.63) is 188 Å². The van der Waals surface area contributed by atoms with Gasteiger partial charge in [0.1, 0.15) is 5.82 Å². The SMILES string of the molecule is Fc1c(-c2nc(-c3ccccc3)nc(-c3ccccc3)n2)c(-n2c3ccccc3c3ccccc32)c(-n2c3ccccc3c3ccccc32)c2sc3ccccc3c12. The predicted molar refractivity (Wildman–Crippen MR) is 238 cm³/mol. The molecule has 0 aliphatic rings. The van der Waals surface area contributed by atoms with E-state index in [-0.39, 0.29) is 11.6 Å². The molecule has 0 unspecified atom stereocenters. The highest BCUT2D eigenvalue weighted by Gasteiger charge is 2.32. The Morgan fingerprint density at radius 2 is 0.759 bits per heavy atom. The Kier molecular flexibility index (Phi) is 7.21. The highest BCUT2D eigenvalue weighted by Crippen LogP contribution is 2.50. The monoisotopic (exact) mass is 763 g/mol. The van der Waals surface area contributed by atoms with Crippen LogP contribution < -0.4 is 0 Å². The van der Waals surface area contributed by atoms with Gasteiger partial charge in [0.15, 0.2) is 17.5 Å². The second-order valence-electron chi connectivity index (χ2n) is 14.5. The van der Waals surface area contributed by atoms with Crippen molar-refractivity contribution in [2.45, 2.75) is 0 Å². The van der Waals surface area contributed by atoms with Crippen molar-refractivity contribution in [1.29, 1.82) is 0 Å². The molecular weight excluding hydrogens is 734 g/mol. The van der Waals surface area contributed by atoms with Crippen LogP contribution in [0.3, 0.4) is 0 Å². The molecular formula is C51H30FN5S. The average molecular weight is 764 g/mol. The van der Waals surface area contributed by atoms with Crippen molar-refractivity contribution < 1.29 is 4.39 Å². The lowest BCUT2D eigenvalue weighted by molar-refractivity contribution is 0.641. The van der Waals surface area contributed by atoms with Crippen molar-refractivity contribution in [1.82, 2.24) is 24.1 Å². The zero-order valence-electron chi connectivity index (χ0n) is 30.8. The minimum atomic E-state index is -0.377. The van der Waals surface area contributed by atoms with Gasteiger partial charge in [0.05, 0.1) is 43.7 Å². The van der Waals surface area contributed by atoms with Crippen LogP contribution in [0, 0.1) is 5.82 Å². The Labute approximate surface area is 335 Å². The van der Waals surface area contributed by atoms with Crippen LogP contribution in [0.1, 0.15) is 0 Å². The first-order chi connectivity index (χ1) is 28.7. The van der Waals surface area contributed by atoms with E-state index in [0.717, 1.165) is 75.2 Å². The lowest BCUT2D eigenvalue weighted by Crippen LogP contribution is -2.10. The molecule has 12 rings (SSSR count). The number of aromatic nitrogens is 5. The summed E-state index contributed by atoms with van der Waals surface area (Å²) in [7, 11) is 0. The normalized spacial score (nSPS) is 11.9. The first kappa shape index (κ1) is 32.7. The molecule has 0 saturated heterocycles. The molecule has 0 aliphatic carbocycles. The van der Waals surface area contributed by atoms with E-state index in [4.69, 9.17) is 15.0 Å². The predicted octanol–water partition coefficient (Wildman–Crippen LogP) is 13.6. The van der Waals surface area contributed by atoms with Crippen molar-refractivity contribution in [3.63, 3.8) is 0 Å². The Morgan fingerprint density at radius 1 is 0.379 bits per heavy atom. The highest BCUT2D eigenvalue weighted by atomic mass is 32.1. The number of rotatable bonds is 5. The van der Waals surface area contributed by atoms with E-state index in [1.165, 1.54) is 0 Å². The number of halogens is 1. The van der Waals surface area contributed by atoms with Crippen LogP contribution in [-0.4, -0.2) is 24.1 Å². The maximum Gasteiger partial charge on any atom is 0.169 e. The number of thiophene rings is 1. The van der Waals surface area contributed by atoms with Gasteiger partial charge in [-0.15, -0.1) is 11.3 Å². The van der Waals surface area contributed by atoms with Crippen LogP contribution in [0.4, 0.5) is 4.39 Å². The largest absolute Gasteiger partial charge is 0.306 e. The van der Waals surface area contributed by atoms with Crippen LogP contribution in [0.5, 0.6) is 0 Å². The fourth-order valence-corrected chi connectivity index (χ4v) is 9.99. The van der Waals surface area contributed by atoms with E-state index >= 15 is 4.39 Å². The van der Waals surface area contributed by atoms with Crippen LogP contribution >= 0.6 is 11.3 Å². The summed E-state index contributed by atoms with van der Waals surface area (Å²) in [5.74, 6) is 0.802. The van der Waals surface area contributed by atoms with E-state index in [1.807, 2.05) is 78.9 Å². The Hall–Kier alpha value is -7.48. The summed E-state index contributed by atoms with van der Waals surface area (Å²) in [6.07, 6.45) is 0. The lowest BCUT2D eigenvalue weighted by Gasteiger charge is -2.22. The van der Waals surface area contributed by atoms with Gasteiger partial charge in [-0.3, -0.25) is 0 Å². The second-order valence-corrected chi connectivity index (χ2v) is 15.5. The zero-order chi connectivity index (χ0) is 38.3. The van der Waals surface area contributed by atoms with E-state index in [2.05, 4.69) is 112 Å². The second kappa shape index (κ2) is 12.8. The fourth-order valence-electron chi connectivity index (χ4n) is 8.76. The summed E-state index contributed by atoms with van der Waals surface area (Å²) in [6, 6.07) is 61.6. The van der Waals surface area contributed by atoms with Crippen LogP contribution in [0.15, 0.2) is 182 Å². The van der Waals surface area contributed by atoms with E-state index in [0.29, 0.717) is 28.3 Å². The van der Waals surface area contributed by atoms with Gasteiger partial charge in [-0.1, -0.05) is 152 Å².